The molecule has 2 rings (SSSR count). The van der Waals surface area contributed by atoms with Crippen molar-refractivity contribution in [2.75, 3.05) is 11.4 Å². The molecule has 17 heavy (non-hydrogen) atoms. The van der Waals surface area contributed by atoms with Gasteiger partial charge in [0.05, 0.1) is 0 Å². The topological polar surface area (TPSA) is 96.5 Å². The third-order valence-electron chi connectivity index (χ3n) is 2.82. The molecule has 1 aromatic heterocycles. The van der Waals surface area contributed by atoms with Crippen LogP contribution in [0.3, 0.4) is 0 Å². The summed E-state index contributed by atoms with van der Waals surface area (Å²) in [6.07, 6.45) is 1.40. The van der Waals surface area contributed by atoms with Gasteiger partial charge in [-0.05, 0) is 25.0 Å². The van der Waals surface area contributed by atoms with Crippen LogP contribution in [0.4, 0.5) is 5.82 Å². The number of aromatic nitrogens is 1. The third kappa shape index (κ3) is 2.20. The summed E-state index contributed by atoms with van der Waals surface area (Å²) >= 11 is 0. The highest BCUT2D eigenvalue weighted by Crippen LogP contribution is 2.24. The Morgan fingerprint density at radius 1 is 1.47 bits per heavy atom. The second-order valence-corrected chi connectivity index (χ2v) is 3.93. The van der Waals surface area contributed by atoms with Crippen molar-refractivity contribution in [1.29, 1.82) is 0 Å². The fraction of sp³-hybridized carbons (Fsp3) is 0.364. The van der Waals surface area contributed by atoms with Crippen molar-refractivity contribution in [2.24, 2.45) is 5.73 Å². The molecular formula is C11H13N3O3. The summed E-state index contributed by atoms with van der Waals surface area (Å²) in [5, 5.41) is 9.06. The van der Waals surface area contributed by atoms with Crippen molar-refractivity contribution in [3.05, 3.63) is 23.9 Å². The number of rotatable bonds is 3. The van der Waals surface area contributed by atoms with Crippen LogP contribution in [-0.4, -0.2) is 34.6 Å². The number of aliphatic carboxylic acids is 1. The minimum absolute atomic E-state index is 0.151. The van der Waals surface area contributed by atoms with E-state index in [1.165, 1.54) is 6.07 Å². The summed E-state index contributed by atoms with van der Waals surface area (Å²) in [6, 6.07) is 4.29. The number of nitrogens with zero attached hydrogens (tertiary/aromatic N) is 2. The number of primary amides is 1. The lowest BCUT2D eigenvalue weighted by Gasteiger charge is -2.22. The Kier molecular flexibility index (Phi) is 2.95. The number of carboxylic acids is 1. The lowest BCUT2D eigenvalue weighted by atomic mass is 10.2. The van der Waals surface area contributed by atoms with Gasteiger partial charge >= 0.3 is 5.97 Å². The smallest absolute Gasteiger partial charge is 0.326 e. The van der Waals surface area contributed by atoms with E-state index in [1.807, 2.05) is 0 Å². The molecule has 1 aromatic rings. The van der Waals surface area contributed by atoms with Crippen molar-refractivity contribution in [3.8, 4) is 0 Å². The number of nitrogens with two attached hydrogens (primary N) is 1. The van der Waals surface area contributed by atoms with Crippen molar-refractivity contribution in [1.82, 2.24) is 4.98 Å². The van der Waals surface area contributed by atoms with Gasteiger partial charge in [0.15, 0.2) is 0 Å². The van der Waals surface area contributed by atoms with E-state index in [0.717, 1.165) is 6.42 Å². The minimum atomic E-state index is -0.867. The van der Waals surface area contributed by atoms with Gasteiger partial charge in [0, 0.05) is 6.54 Å². The molecule has 3 N–H and O–H groups in total. The number of amides is 1. The van der Waals surface area contributed by atoms with E-state index in [-0.39, 0.29) is 5.69 Å². The highest BCUT2D eigenvalue weighted by atomic mass is 16.4. The number of carbonyl (C=O) groups excluding carboxylic acids is 1. The van der Waals surface area contributed by atoms with Gasteiger partial charge in [0.2, 0.25) is 0 Å². The maximum Gasteiger partial charge on any atom is 0.326 e. The molecule has 1 saturated heterocycles. The first kappa shape index (κ1) is 11.4. The fourth-order valence-electron chi connectivity index (χ4n) is 2.02. The molecule has 0 aromatic carbocycles. The zero-order valence-electron chi connectivity index (χ0n) is 9.17. The molecule has 1 aliphatic heterocycles. The Bertz CT molecular complexity index is 461. The summed E-state index contributed by atoms with van der Waals surface area (Å²) in [5.74, 6) is -0.988. The Morgan fingerprint density at radius 2 is 2.24 bits per heavy atom. The molecular weight excluding hydrogens is 222 g/mol. The predicted molar refractivity (Wildman–Crippen MR) is 60.8 cm³/mol. The van der Waals surface area contributed by atoms with Crippen LogP contribution in [-0.2, 0) is 4.79 Å². The number of carbonyl (C=O) groups is 2. The van der Waals surface area contributed by atoms with E-state index in [9.17, 15) is 9.59 Å². The van der Waals surface area contributed by atoms with Crippen LogP contribution in [0.1, 0.15) is 23.3 Å². The molecule has 90 valence electrons. The van der Waals surface area contributed by atoms with E-state index in [1.54, 1.807) is 17.0 Å². The molecule has 1 atom stereocenters. The van der Waals surface area contributed by atoms with Crippen molar-refractivity contribution < 1.29 is 14.7 Å². The van der Waals surface area contributed by atoms with Gasteiger partial charge in [-0.1, -0.05) is 6.07 Å². The second kappa shape index (κ2) is 4.40. The predicted octanol–water partition coefficient (Wildman–Crippen LogP) is 0.234. The van der Waals surface area contributed by atoms with Crippen LogP contribution in [0.5, 0.6) is 0 Å². The van der Waals surface area contributed by atoms with E-state index < -0.39 is 17.9 Å². The molecule has 0 radical (unpaired) electrons. The van der Waals surface area contributed by atoms with Crippen LogP contribution >= 0.6 is 0 Å². The Balaban J connectivity index is 2.30. The van der Waals surface area contributed by atoms with Crippen molar-refractivity contribution in [3.63, 3.8) is 0 Å². The van der Waals surface area contributed by atoms with Crippen LogP contribution in [0.15, 0.2) is 18.2 Å². The standard InChI is InChI=1S/C11H13N3O3/c12-10(15)7-3-1-5-9(13-7)14-6-2-4-8(14)11(16)17/h1,3,5,8H,2,4,6H2,(H2,12,15)(H,16,17). The average Bonchev–Trinajstić information content (AvgIpc) is 2.78. The summed E-state index contributed by atoms with van der Waals surface area (Å²) in [6.45, 7) is 0.631. The Morgan fingerprint density at radius 3 is 2.88 bits per heavy atom. The average molecular weight is 235 g/mol. The quantitative estimate of drug-likeness (QED) is 0.781. The van der Waals surface area contributed by atoms with Gasteiger partial charge in [-0.25, -0.2) is 9.78 Å². The van der Waals surface area contributed by atoms with Crippen molar-refractivity contribution in [2.45, 2.75) is 18.9 Å². The van der Waals surface area contributed by atoms with Crippen LogP contribution in [0.25, 0.3) is 0 Å². The molecule has 0 bridgehead atoms. The number of pyridine rings is 1. The summed E-state index contributed by atoms with van der Waals surface area (Å²) in [7, 11) is 0. The fourth-order valence-corrected chi connectivity index (χ4v) is 2.02. The first-order valence-corrected chi connectivity index (χ1v) is 5.36. The molecule has 1 fully saturated rings. The van der Waals surface area contributed by atoms with Gasteiger partial charge in [0.1, 0.15) is 17.6 Å². The lowest BCUT2D eigenvalue weighted by Crippen LogP contribution is -2.36. The summed E-state index contributed by atoms with van der Waals surface area (Å²) < 4.78 is 0. The number of hydrogen-bond acceptors (Lipinski definition) is 4. The largest absolute Gasteiger partial charge is 0.480 e. The molecule has 6 heteroatoms. The lowest BCUT2D eigenvalue weighted by molar-refractivity contribution is -0.138. The molecule has 1 unspecified atom stereocenters. The van der Waals surface area contributed by atoms with Gasteiger partial charge in [0.25, 0.3) is 5.91 Å². The Labute approximate surface area is 98.1 Å². The maximum atomic E-state index is 11.0. The molecule has 0 saturated carbocycles. The van der Waals surface area contributed by atoms with Gasteiger partial charge < -0.3 is 15.7 Å². The van der Waals surface area contributed by atoms with Crippen LogP contribution in [0, 0.1) is 0 Å². The SMILES string of the molecule is NC(=O)c1cccc(N2CCCC2C(=O)O)n1. The second-order valence-electron chi connectivity index (χ2n) is 3.93. The number of hydrogen-bond donors (Lipinski definition) is 2. The number of anilines is 1. The van der Waals surface area contributed by atoms with Crippen molar-refractivity contribution >= 4 is 17.7 Å². The number of carboxylic acid groups (broad SMARTS) is 1. The van der Waals surface area contributed by atoms with E-state index >= 15 is 0 Å². The molecule has 2 heterocycles. The van der Waals surface area contributed by atoms with E-state index in [2.05, 4.69) is 4.98 Å². The Hall–Kier alpha value is -2.11. The van der Waals surface area contributed by atoms with Gasteiger partial charge in [-0.2, -0.15) is 0 Å². The summed E-state index contributed by atoms with van der Waals surface area (Å²) in [4.78, 5) is 27.8. The molecule has 6 nitrogen and oxygen atoms in total. The maximum absolute atomic E-state index is 11.0. The summed E-state index contributed by atoms with van der Waals surface area (Å²) in [5.41, 5.74) is 5.29. The van der Waals surface area contributed by atoms with Crippen LogP contribution < -0.4 is 10.6 Å². The zero-order valence-corrected chi connectivity index (χ0v) is 9.17. The van der Waals surface area contributed by atoms with Crippen LogP contribution in [0.2, 0.25) is 0 Å². The normalized spacial score (nSPS) is 19.3. The van der Waals surface area contributed by atoms with Gasteiger partial charge in [-0.3, -0.25) is 4.79 Å². The molecule has 1 aliphatic rings. The first-order valence-electron chi connectivity index (χ1n) is 5.36. The highest BCUT2D eigenvalue weighted by molar-refractivity contribution is 5.91. The monoisotopic (exact) mass is 235 g/mol. The third-order valence-corrected chi connectivity index (χ3v) is 2.82. The molecule has 1 amide bonds. The van der Waals surface area contributed by atoms with Gasteiger partial charge in [-0.15, -0.1) is 0 Å². The van der Waals surface area contributed by atoms with E-state index in [0.29, 0.717) is 18.8 Å². The van der Waals surface area contributed by atoms with E-state index in [4.69, 9.17) is 10.8 Å². The highest BCUT2D eigenvalue weighted by Gasteiger charge is 2.31. The first-order chi connectivity index (χ1) is 8.09. The zero-order chi connectivity index (χ0) is 12.4. The molecule has 0 aliphatic carbocycles. The molecule has 0 spiro atoms. The minimum Gasteiger partial charge on any atom is -0.480 e.